The average Bonchev–Trinajstić information content (AvgIpc) is 2.96. The number of hydrogen-bond acceptors (Lipinski definition) is 3. The lowest BCUT2D eigenvalue weighted by Crippen LogP contribution is -2.41. The zero-order valence-corrected chi connectivity index (χ0v) is 12.1. The Morgan fingerprint density at radius 2 is 2.00 bits per heavy atom. The molecule has 21 heavy (non-hydrogen) atoms. The minimum absolute atomic E-state index is 0.0595. The van der Waals surface area contributed by atoms with Crippen molar-refractivity contribution in [1.82, 2.24) is 15.4 Å². The third-order valence-corrected chi connectivity index (χ3v) is 4.02. The molecule has 2 aromatic rings. The lowest BCUT2D eigenvalue weighted by atomic mass is 10.0. The van der Waals surface area contributed by atoms with Crippen LogP contribution < -0.4 is 11.0 Å². The van der Waals surface area contributed by atoms with E-state index in [1.807, 2.05) is 29.3 Å². The number of hydrogen-bond donors (Lipinski definition) is 2. The van der Waals surface area contributed by atoms with Gasteiger partial charge in [0.2, 0.25) is 5.91 Å². The molecule has 0 atom stereocenters. The number of rotatable bonds is 3. The summed E-state index contributed by atoms with van der Waals surface area (Å²) < 4.78 is 0. The van der Waals surface area contributed by atoms with E-state index in [1.54, 1.807) is 6.92 Å². The van der Waals surface area contributed by atoms with Crippen LogP contribution in [0.15, 0.2) is 29.1 Å². The summed E-state index contributed by atoms with van der Waals surface area (Å²) in [4.78, 5) is 27.0. The van der Waals surface area contributed by atoms with E-state index < -0.39 is 0 Å². The summed E-state index contributed by atoms with van der Waals surface area (Å²) in [5, 5.41) is 2.89. The standard InChI is InChI=1S/C16H19N3O2/c1-11-13(10-15(20)18-19-8-4-5-9-19)12-6-2-3-7-14(12)17-16(11)21/h2-3,6-7H,4-5,8-10H2,1H3,(H,17,21)(H,18,20). The van der Waals surface area contributed by atoms with Gasteiger partial charge in [0.05, 0.1) is 6.42 Å². The number of aromatic nitrogens is 1. The SMILES string of the molecule is Cc1c(CC(=O)NN2CCCC2)c2ccccc2[nH]c1=O. The van der Waals surface area contributed by atoms with Crippen molar-refractivity contribution < 1.29 is 4.79 Å². The van der Waals surface area contributed by atoms with Crippen LogP contribution in [-0.2, 0) is 11.2 Å². The number of amides is 1. The van der Waals surface area contributed by atoms with Gasteiger partial charge in [0.15, 0.2) is 0 Å². The first kappa shape index (κ1) is 13.8. The van der Waals surface area contributed by atoms with Gasteiger partial charge in [-0.1, -0.05) is 18.2 Å². The van der Waals surface area contributed by atoms with E-state index in [0.29, 0.717) is 5.56 Å². The Morgan fingerprint density at radius 3 is 2.76 bits per heavy atom. The lowest BCUT2D eigenvalue weighted by molar-refractivity contribution is -0.124. The molecule has 2 heterocycles. The van der Waals surface area contributed by atoms with Gasteiger partial charge in [0, 0.05) is 29.6 Å². The van der Waals surface area contributed by atoms with Gasteiger partial charge < -0.3 is 4.98 Å². The maximum atomic E-state index is 12.2. The van der Waals surface area contributed by atoms with Gasteiger partial charge in [-0.2, -0.15) is 0 Å². The molecule has 5 nitrogen and oxygen atoms in total. The molecule has 3 rings (SSSR count). The quantitative estimate of drug-likeness (QED) is 0.898. The number of fused-ring (bicyclic) bond motifs is 1. The molecule has 0 bridgehead atoms. The highest BCUT2D eigenvalue weighted by Crippen LogP contribution is 2.18. The van der Waals surface area contributed by atoms with Gasteiger partial charge in [-0.15, -0.1) is 0 Å². The largest absolute Gasteiger partial charge is 0.322 e. The molecule has 1 aromatic carbocycles. The second-order valence-electron chi connectivity index (χ2n) is 5.51. The summed E-state index contributed by atoms with van der Waals surface area (Å²) in [5.41, 5.74) is 5.00. The summed E-state index contributed by atoms with van der Waals surface area (Å²) in [5.74, 6) is -0.0595. The first-order chi connectivity index (χ1) is 10.1. The molecule has 1 aliphatic rings. The lowest BCUT2D eigenvalue weighted by Gasteiger charge is -2.17. The van der Waals surface area contributed by atoms with E-state index in [-0.39, 0.29) is 17.9 Å². The van der Waals surface area contributed by atoms with Crippen molar-refractivity contribution in [3.63, 3.8) is 0 Å². The van der Waals surface area contributed by atoms with Crippen LogP contribution in [-0.4, -0.2) is 29.0 Å². The van der Waals surface area contributed by atoms with Crippen LogP contribution in [0.25, 0.3) is 10.9 Å². The van der Waals surface area contributed by atoms with Crippen molar-refractivity contribution in [2.75, 3.05) is 13.1 Å². The summed E-state index contributed by atoms with van der Waals surface area (Å²) in [6.07, 6.45) is 2.47. The van der Waals surface area contributed by atoms with Crippen molar-refractivity contribution in [1.29, 1.82) is 0 Å². The number of carbonyl (C=O) groups excluding carboxylic acids is 1. The molecule has 2 N–H and O–H groups in total. The number of pyridine rings is 1. The predicted molar refractivity (Wildman–Crippen MR) is 82.0 cm³/mol. The van der Waals surface area contributed by atoms with Crippen molar-refractivity contribution in [3.8, 4) is 0 Å². The van der Waals surface area contributed by atoms with Crippen LogP contribution >= 0.6 is 0 Å². The maximum absolute atomic E-state index is 12.2. The zero-order chi connectivity index (χ0) is 14.8. The molecule has 0 aliphatic carbocycles. The van der Waals surface area contributed by atoms with Gasteiger partial charge in [-0.25, -0.2) is 5.01 Å². The molecular weight excluding hydrogens is 266 g/mol. The third-order valence-electron chi connectivity index (χ3n) is 4.02. The molecule has 1 aromatic heterocycles. The number of para-hydroxylation sites is 1. The number of carbonyl (C=O) groups is 1. The topological polar surface area (TPSA) is 65.2 Å². The van der Waals surface area contributed by atoms with Crippen molar-refractivity contribution >= 4 is 16.8 Å². The van der Waals surface area contributed by atoms with Gasteiger partial charge >= 0.3 is 0 Å². The Balaban J connectivity index is 1.90. The summed E-state index contributed by atoms with van der Waals surface area (Å²) in [6, 6.07) is 7.60. The normalized spacial score (nSPS) is 15.5. The third kappa shape index (κ3) is 2.83. The van der Waals surface area contributed by atoms with E-state index in [2.05, 4.69) is 10.4 Å². The smallest absolute Gasteiger partial charge is 0.251 e. The van der Waals surface area contributed by atoms with E-state index in [0.717, 1.165) is 42.4 Å². The van der Waals surface area contributed by atoms with Crippen LogP contribution in [0.1, 0.15) is 24.0 Å². The molecule has 0 unspecified atom stereocenters. The van der Waals surface area contributed by atoms with Crippen molar-refractivity contribution in [2.45, 2.75) is 26.2 Å². The minimum Gasteiger partial charge on any atom is -0.322 e. The number of aromatic amines is 1. The van der Waals surface area contributed by atoms with Crippen LogP contribution in [0.5, 0.6) is 0 Å². The predicted octanol–water partition coefficient (Wildman–Crippen LogP) is 1.51. The molecule has 0 radical (unpaired) electrons. The highest BCUT2D eigenvalue weighted by Gasteiger charge is 2.17. The van der Waals surface area contributed by atoms with Crippen molar-refractivity contribution in [2.24, 2.45) is 0 Å². The van der Waals surface area contributed by atoms with Crippen LogP contribution in [0, 0.1) is 6.92 Å². The Morgan fingerprint density at radius 1 is 1.29 bits per heavy atom. The second kappa shape index (κ2) is 5.69. The Labute approximate surface area is 122 Å². The average molecular weight is 285 g/mol. The van der Waals surface area contributed by atoms with Crippen LogP contribution in [0.3, 0.4) is 0 Å². The summed E-state index contributed by atoms with van der Waals surface area (Å²) >= 11 is 0. The number of nitrogens with zero attached hydrogens (tertiary/aromatic N) is 1. The molecule has 110 valence electrons. The molecule has 1 fully saturated rings. The summed E-state index contributed by atoms with van der Waals surface area (Å²) in [7, 11) is 0. The minimum atomic E-state index is -0.127. The first-order valence-electron chi connectivity index (χ1n) is 7.30. The summed E-state index contributed by atoms with van der Waals surface area (Å²) in [6.45, 7) is 3.57. The van der Waals surface area contributed by atoms with E-state index in [4.69, 9.17) is 0 Å². The number of nitrogens with one attached hydrogen (secondary N) is 2. The molecule has 1 aliphatic heterocycles. The fourth-order valence-corrected chi connectivity index (χ4v) is 2.84. The Hall–Kier alpha value is -2.14. The first-order valence-corrected chi connectivity index (χ1v) is 7.30. The van der Waals surface area contributed by atoms with Gasteiger partial charge in [-0.3, -0.25) is 15.0 Å². The monoisotopic (exact) mass is 285 g/mol. The fourth-order valence-electron chi connectivity index (χ4n) is 2.84. The van der Waals surface area contributed by atoms with Gasteiger partial charge in [-0.05, 0) is 31.4 Å². The zero-order valence-electron chi connectivity index (χ0n) is 12.1. The van der Waals surface area contributed by atoms with Crippen molar-refractivity contribution in [3.05, 3.63) is 45.7 Å². The molecule has 1 amide bonds. The number of H-pyrrole nitrogens is 1. The van der Waals surface area contributed by atoms with E-state index >= 15 is 0 Å². The van der Waals surface area contributed by atoms with Gasteiger partial charge in [0.25, 0.3) is 5.56 Å². The maximum Gasteiger partial charge on any atom is 0.251 e. The highest BCUT2D eigenvalue weighted by atomic mass is 16.2. The number of benzene rings is 1. The molecule has 0 spiro atoms. The van der Waals surface area contributed by atoms with Crippen LogP contribution in [0.2, 0.25) is 0 Å². The Bertz CT molecular complexity index is 730. The molecule has 1 saturated heterocycles. The van der Waals surface area contributed by atoms with Crippen LogP contribution in [0.4, 0.5) is 0 Å². The molecule has 0 saturated carbocycles. The van der Waals surface area contributed by atoms with E-state index in [1.165, 1.54) is 0 Å². The second-order valence-corrected chi connectivity index (χ2v) is 5.51. The highest BCUT2D eigenvalue weighted by molar-refractivity contribution is 5.88. The van der Waals surface area contributed by atoms with Gasteiger partial charge in [0.1, 0.15) is 0 Å². The fraction of sp³-hybridized carbons (Fsp3) is 0.375. The van der Waals surface area contributed by atoms with E-state index in [9.17, 15) is 9.59 Å². The molecule has 5 heteroatoms. The number of hydrazine groups is 1. The molecular formula is C16H19N3O2. The Kier molecular flexibility index (Phi) is 3.75.